The zero-order chi connectivity index (χ0) is 19.0. The topological polar surface area (TPSA) is 60.6 Å². The van der Waals surface area contributed by atoms with E-state index in [-0.39, 0.29) is 6.10 Å². The highest BCUT2D eigenvalue weighted by Crippen LogP contribution is 2.30. The molecule has 0 radical (unpaired) electrons. The molecule has 2 heterocycles. The van der Waals surface area contributed by atoms with Crippen molar-refractivity contribution in [1.29, 1.82) is 0 Å². The maximum atomic E-state index is 6.63. The van der Waals surface area contributed by atoms with Crippen LogP contribution in [0.1, 0.15) is 42.9 Å². The zero-order valence-corrected chi connectivity index (χ0v) is 16.3. The highest BCUT2D eigenvalue weighted by atomic mass is 16.5. The zero-order valence-electron chi connectivity index (χ0n) is 16.3. The summed E-state index contributed by atoms with van der Waals surface area (Å²) < 4.78 is 6.63. The fraction of sp³-hybridized carbons (Fsp3) is 0.455. The lowest BCUT2D eigenvalue weighted by Crippen LogP contribution is -2.39. The molecule has 4 N–H and O–H groups in total. The summed E-state index contributed by atoms with van der Waals surface area (Å²) in [6.45, 7) is 3.37. The molecule has 0 saturated carbocycles. The number of rotatable bonds is 8. The van der Waals surface area contributed by atoms with E-state index in [2.05, 4.69) is 87.5 Å². The van der Waals surface area contributed by atoms with Gasteiger partial charge in [-0.05, 0) is 43.4 Å². The van der Waals surface area contributed by atoms with E-state index in [0.717, 1.165) is 38.9 Å². The summed E-state index contributed by atoms with van der Waals surface area (Å²) in [7, 11) is 0. The molecule has 2 fully saturated rings. The van der Waals surface area contributed by atoms with Gasteiger partial charge < -0.3 is 9.64 Å². The first kappa shape index (κ1) is 19.5. The standard InChI is InChI=1S/C22H31N5O/c1-3-8-18(9-4-1)22(19-10-5-2-6-11-19)28-20-13-16-27(17-14-20)15-7-12-21-23-25-26-24-21/h1-6,8-11,20-26H,7,12-17H2. The third-order valence-corrected chi connectivity index (χ3v) is 5.59. The molecule has 0 aromatic heterocycles. The maximum Gasteiger partial charge on any atom is 0.108 e. The summed E-state index contributed by atoms with van der Waals surface area (Å²) in [6.07, 6.45) is 5.10. The number of nitrogens with one attached hydrogen (secondary N) is 4. The van der Waals surface area contributed by atoms with Gasteiger partial charge in [-0.15, -0.1) is 0 Å². The van der Waals surface area contributed by atoms with Crippen LogP contribution in [0.25, 0.3) is 0 Å². The van der Waals surface area contributed by atoms with E-state index in [1.807, 2.05) is 0 Å². The van der Waals surface area contributed by atoms with Crippen LogP contribution in [0.2, 0.25) is 0 Å². The molecule has 0 atom stereocenters. The molecular formula is C22H31N5O. The molecule has 0 aliphatic carbocycles. The third-order valence-electron chi connectivity index (χ3n) is 5.59. The van der Waals surface area contributed by atoms with E-state index >= 15 is 0 Å². The SMILES string of the molecule is c1ccc(C(OC2CCN(CCCC3NNNN3)CC2)c2ccccc2)cc1. The van der Waals surface area contributed by atoms with Crippen LogP contribution in [0.5, 0.6) is 0 Å². The number of hydrogen-bond donors (Lipinski definition) is 4. The van der Waals surface area contributed by atoms with Gasteiger partial charge in [-0.3, -0.25) is 0 Å². The Morgan fingerprint density at radius 1 is 0.857 bits per heavy atom. The summed E-state index contributed by atoms with van der Waals surface area (Å²) in [5, 5.41) is 0. The van der Waals surface area contributed by atoms with Gasteiger partial charge in [0.2, 0.25) is 0 Å². The fourth-order valence-corrected chi connectivity index (χ4v) is 4.01. The Morgan fingerprint density at radius 2 is 1.43 bits per heavy atom. The monoisotopic (exact) mass is 381 g/mol. The Balaban J connectivity index is 1.28. The van der Waals surface area contributed by atoms with Gasteiger partial charge in [-0.2, -0.15) is 11.1 Å². The fourth-order valence-electron chi connectivity index (χ4n) is 4.01. The number of likely N-dealkylation sites (tertiary alicyclic amines) is 1. The molecule has 150 valence electrons. The van der Waals surface area contributed by atoms with Crippen LogP contribution in [0.4, 0.5) is 0 Å². The van der Waals surface area contributed by atoms with Gasteiger partial charge >= 0.3 is 0 Å². The van der Waals surface area contributed by atoms with Crippen LogP contribution in [0, 0.1) is 0 Å². The molecule has 6 heteroatoms. The Morgan fingerprint density at radius 3 is 2.00 bits per heavy atom. The minimum atomic E-state index is 0.0125. The molecule has 2 aromatic carbocycles. The molecular weight excluding hydrogens is 350 g/mol. The number of piperidine rings is 1. The first-order valence-corrected chi connectivity index (χ1v) is 10.4. The van der Waals surface area contributed by atoms with Crippen LogP contribution < -0.4 is 21.9 Å². The van der Waals surface area contributed by atoms with E-state index in [1.54, 1.807) is 0 Å². The van der Waals surface area contributed by atoms with E-state index in [0.29, 0.717) is 12.3 Å². The van der Waals surface area contributed by atoms with Crippen LogP contribution in [0.3, 0.4) is 0 Å². The lowest BCUT2D eigenvalue weighted by Gasteiger charge is -2.34. The van der Waals surface area contributed by atoms with Crippen LogP contribution in [-0.4, -0.2) is 36.8 Å². The third kappa shape index (κ3) is 5.38. The summed E-state index contributed by atoms with van der Waals surface area (Å²) in [6, 6.07) is 21.2. The molecule has 2 aliphatic rings. The van der Waals surface area contributed by atoms with Gasteiger partial charge in [0.25, 0.3) is 0 Å². The van der Waals surface area contributed by atoms with Crippen molar-refractivity contribution in [2.45, 2.75) is 44.1 Å². The van der Waals surface area contributed by atoms with E-state index in [1.165, 1.54) is 17.5 Å². The van der Waals surface area contributed by atoms with Crippen LogP contribution in [0.15, 0.2) is 60.7 Å². The second-order valence-corrected chi connectivity index (χ2v) is 7.61. The number of nitrogens with zero attached hydrogens (tertiary/aromatic N) is 1. The molecule has 2 aliphatic heterocycles. The van der Waals surface area contributed by atoms with Gasteiger partial charge in [0.15, 0.2) is 0 Å². The lowest BCUT2D eigenvalue weighted by atomic mass is 10.00. The van der Waals surface area contributed by atoms with Crippen molar-refractivity contribution in [3.8, 4) is 0 Å². The molecule has 0 bridgehead atoms. The first-order valence-electron chi connectivity index (χ1n) is 10.4. The van der Waals surface area contributed by atoms with Crippen molar-refractivity contribution in [3.05, 3.63) is 71.8 Å². The van der Waals surface area contributed by atoms with Gasteiger partial charge in [0.05, 0.1) is 12.3 Å². The molecule has 2 saturated heterocycles. The Labute approximate surface area is 167 Å². The molecule has 28 heavy (non-hydrogen) atoms. The van der Waals surface area contributed by atoms with Crippen molar-refractivity contribution in [2.75, 3.05) is 19.6 Å². The molecule has 4 rings (SSSR count). The second kappa shape index (κ2) is 10.1. The first-order chi connectivity index (χ1) is 13.9. The molecule has 0 amide bonds. The highest BCUT2D eigenvalue weighted by molar-refractivity contribution is 5.30. The molecule has 0 spiro atoms. The van der Waals surface area contributed by atoms with Gasteiger partial charge in [-0.1, -0.05) is 60.7 Å². The molecule has 6 nitrogen and oxygen atoms in total. The predicted molar refractivity (Wildman–Crippen MR) is 111 cm³/mol. The maximum absolute atomic E-state index is 6.63. The van der Waals surface area contributed by atoms with Gasteiger partial charge in [-0.25, -0.2) is 10.9 Å². The summed E-state index contributed by atoms with van der Waals surface area (Å²) in [5.74, 6) is 0. The lowest BCUT2D eigenvalue weighted by molar-refractivity contribution is -0.0271. The van der Waals surface area contributed by atoms with Crippen molar-refractivity contribution in [1.82, 2.24) is 26.8 Å². The molecule has 0 unspecified atom stereocenters. The van der Waals surface area contributed by atoms with Crippen molar-refractivity contribution >= 4 is 0 Å². The van der Waals surface area contributed by atoms with Crippen molar-refractivity contribution in [3.63, 3.8) is 0 Å². The normalized spacial score (nSPS) is 19.5. The average molecular weight is 382 g/mol. The van der Waals surface area contributed by atoms with Crippen LogP contribution in [-0.2, 0) is 4.74 Å². The quantitative estimate of drug-likeness (QED) is 0.564. The smallest absolute Gasteiger partial charge is 0.108 e. The summed E-state index contributed by atoms with van der Waals surface area (Å²) in [4.78, 5) is 2.57. The van der Waals surface area contributed by atoms with E-state index in [9.17, 15) is 0 Å². The minimum absolute atomic E-state index is 0.0125. The summed E-state index contributed by atoms with van der Waals surface area (Å²) >= 11 is 0. The number of ether oxygens (including phenoxy) is 1. The average Bonchev–Trinajstić information content (AvgIpc) is 3.28. The van der Waals surface area contributed by atoms with Gasteiger partial charge in [0.1, 0.15) is 6.10 Å². The molecule has 2 aromatic rings. The predicted octanol–water partition coefficient (Wildman–Crippen LogP) is 2.48. The van der Waals surface area contributed by atoms with Crippen LogP contribution >= 0.6 is 0 Å². The Hall–Kier alpha value is -1.80. The minimum Gasteiger partial charge on any atom is -0.365 e. The number of hydrazine groups is 3. The van der Waals surface area contributed by atoms with Crippen molar-refractivity contribution < 1.29 is 4.74 Å². The Kier molecular flexibility index (Phi) is 7.05. The van der Waals surface area contributed by atoms with E-state index in [4.69, 9.17) is 4.74 Å². The second-order valence-electron chi connectivity index (χ2n) is 7.61. The summed E-state index contributed by atoms with van der Waals surface area (Å²) in [5.41, 5.74) is 14.5. The Bertz CT molecular complexity index is 645. The number of benzene rings is 2. The van der Waals surface area contributed by atoms with Gasteiger partial charge in [0, 0.05) is 13.1 Å². The largest absolute Gasteiger partial charge is 0.365 e. The van der Waals surface area contributed by atoms with E-state index < -0.39 is 0 Å². The highest BCUT2D eigenvalue weighted by Gasteiger charge is 2.24. The van der Waals surface area contributed by atoms with Crippen molar-refractivity contribution in [2.24, 2.45) is 0 Å². The number of hydrogen-bond acceptors (Lipinski definition) is 6.